The molecule has 0 aromatic carbocycles. The first kappa shape index (κ1) is 16.2. The molecule has 0 bridgehead atoms. The van der Waals surface area contributed by atoms with Crippen molar-refractivity contribution in [2.75, 3.05) is 18.5 Å². The molecule has 1 aromatic rings. The van der Waals surface area contributed by atoms with Crippen molar-refractivity contribution in [3.63, 3.8) is 0 Å². The van der Waals surface area contributed by atoms with E-state index in [1.807, 2.05) is 6.92 Å². The van der Waals surface area contributed by atoms with E-state index in [4.69, 9.17) is 16.6 Å². The van der Waals surface area contributed by atoms with Crippen molar-refractivity contribution < 1.29 is 0 Å². The van der Waals surface area contributed by atoms with Crippen LogP contribution in [-0.4, -0.2) is 23.6 Å². The van der Waals surface area contributed by atoms with E-state index >= 15 is 0 Å². The van der Waals surface area contributed by atoms with Crippen LogP contribution in [0.2, 0.25) is 5.15 Å². The Labute approximate surface area is 122 Å². The van der Waals surface area contributed by atoms with E-state index < -0.39 is 0 Å². The lowest BCUT2D eigenvalue weighted by molar-refractivity contribution is 0.417. The first-order valence-corrected chi connectivity index (χ1v) is 7.05. The van der Waals surface area contributed by atoms with Crippen molar-refractivity contribution in [3.8, 4) is 0 Å². The second-order valence-electron chi connectivity index (χ2n) is 7.45. The van der Waals surface area contributed by atoms with Crippen molar-refractivity contribution in [2.45, 2.75) is 53.9 Å². The third-order valence-electron chi connectivity index (χ3n) is 2.80. The molecule has 0 amide bonds. The minimum absolute atomic E-state index is 0.103. The van der Waals surface area contributed by atoms with E-state index in [0.717, 1.165) is 23.8 Å². The van der Waals surface area contributed by atoms with Gasteiger partial charge in [0.05, 0.1) is 0 Å². The van der Waals surface area contributed by atoms with Gasteiger partial charge in [-0.05, 0) is 12.3 Å². The first-order valence-electron chi connectivity index (χ1n) is 6.67. The van der Waals surface area contributed by atoms with Crippen molar-refractivity contribution in [1.29, 1.82) is 0 Å². The lowest BCUT2D eigenvalue weighted by Crippen LogP contribution is -2.31. The molecule has 0 aliphatic rings. The van der Waals surface area contributed by atoms with Gasteiger partial charge in [-0.25, -0.2) is 9.97 Å². The van der Waals surface area contributed by atoms with Gasteiger partial charge in [-0.2, -0.15) is 0 Å². The predicted octanol–water partition coefficient (Wildman–Crippen LogP) is 4.22. The number of halogens is 1. The Kier molecular flexibility index (Phi) is 4.51. The zero-order valence-corrected chi connectivity index (χ0v) is 14.2. The van der Waals surface area contributed by atoms with Gasteiger partial charge >= 0.3 is 0 Å². The van der Waals surface area contributed by atoms with Gasteiger partial charge < -0.3 is 4.90 Å². The molecule has 0 radical (unpaired) electrons. The van der Waals surface area contributed by atoms with Crippen LogP contribution in [0.4, 0.5) is 5.82 Å². The highest BCUT2D eigenvalue weighted by molar-refractivity contribution is 6.30. The van der Waals surface area contributed by atoms with Crippen LogP contribution in [0.15, 0.2) is 0 Å². The van der Waals surface area contributed by atoms with E-state index in [2.05, 4.69) is 58.5 Å². The second-order valence-corrected chi connectivity index (χ2v) is 7.81. The molecule has 3 nitrogen and oxygen atoms in total. The minimum atomic E-state index is -0.103. The van der Waals surface area contributed by atoms with Gasteiger partial charge in [0.2, 0.25) is 0 Å². The summed E-state index contributed by atoms with van der Waals surface area (Å²) in [7, 11) is 2.06. The van der Waals surface area contributed by atoms with Crippen LogP contribution < -0.4 is 4.90 Å². The topological polar surface area (TPSA) is 29.0 Å². The van der Waals surface area contributed by atoms with Crippen LogP contribution in [0.1, 0.15) is 52.9 Å². The second kappa shape index (κ2) is 5.28. The number of hydrogen-bond acceptors (Lipinski definition) is 3. The number of hydrogen-bond donors (Lipinski definition) is 0. The average Bonchev–Trinajstić information content (AvgIpc) is 2.17. The molecule has 0 atom stereocenters. The van der Waals surface area contributed by atoms with Gasteiger partial charge in [-0.1, -0.05) is 53.1 Å². The molecule has 0 saturated heterocycles. The van der Waals surface area contributed by atoms with Crippen LogP contribution in [0.25, 0.3) is 0 Å². The number of rotatable bonds is 2. The van der Waals surface area contributed by atoms with E-state index in [1.165, 1.54) is 0 Å². The summed E-state index contributed by atoms with van der Waals surface area (Å²) in [5.41, 5.74) is 1.05. The Balaban J connectivity index is 3.23. The first-order chi connectivity index (χ1) is 8.42. The number of anilines is 1. The summed E-state index contributed by atoms with van der Waals surface area (Å²) in [6.45, 7) is 15.8. The zero-order chi connectivity index (χ0) is 15.0. The molecule has 0 N–H and O–H groups in total. The fourth-order valence-corrected chi connectivity index (χ4v) is 2.14. The van der Waals surface area contributed by atoms with E-state index in [9.17, 15) is 0 Å². The minimum Gasteiger partial charge on any atom is -0.359 e. The summed E-state index contributed by atoms with van der Waals surface area (Å²) >= 11 is 6.26. The summed E-state index contributed by atoms with van der Waals surface area (Å²) in [6.07, 6.45) is 0. The fraction of sp³-hybridized carbons (Fsp3) is 0.733. The normalized spacial score (nSPS) is 12.7. The van der Waals surface area contributed by atoms with Crippen LogP contribution in [0.3, 0.4) is 0 Å². The molecule has 0 fully saturated rings. The molecule has 108 valence electrons. The highest BCUT2D eigenvalue weighted by Crippen LogP contribution is 2.29. The Morgan fingerprint density at radius 2 is 1.58 bits per heavy atom. The van der Waals surface area contributed by atoms with E-state index in [-0.39, 0.29) is 10.8 Å². The van der Waals surface area contributed by atoms with Gasteiger partial charge in [0.1, 0.15) is 16.8 Å². The van der Waals surface area contributed by atoms with Crippen LogP contribution in [0.5, 0.6) is 0 Å². The lowest BCUT2D eigenvalue weighted by Gasteiger charge is -2.29. The summed E-state index contributed by atoms with van der Waals surface area (Å²) in [5, 5.41) is 0.552. The Morgan fingerprint density at radius 1 is 1.05 bits per heavy atom. The smallest absolute Gasteiger partial charge is 0.137 e. The lowest BCUT2D eigenvalue weighted by atomic mass is 9.95. The molecular weight excluding hydrogens is 258 g/mol. The van der Waals surface area contributed by atoms with Crippen LogP contribution in [0, 0.1) is 12.3 Å². The summed E-state index contributed by atoms with van der Waals surface area (Å²) in [6, 6.07) is 0. The third kappa shape index (κ3) is 4.34. The standard InChI is InChI=1S/C15H26ClN3/c1-10-11(16)17-13(15(5,6)7)18-12(10)19(8)9-14(2,3)4/h9H2,1-8H3. The summed E-state index contributed by atoms with van der Waals surface area (Å²) in [5.74, 6) is 1.72. The van der Waals surface area contributed by atoms with Crippen molar-refractivity contribution in [3.05, 3.63) is 16.5 Å². The molecule has 0 unspecified atom stereocenters. The van der Waals surface area contributed by atoms with Crippen molar-refractivity contribution in [2.24, 2.45) is 5.41 Å². The van der Waals surface area contributed by atoms with Crippen LogP contribution >= 0.6 is 11.6 Å². The summed E-state index contributed by atoms with van der Waals surface area (Å²) in [4.78, 5) is 11.3. The van der Waals surface area contributed by atoms with Crippen molar-refractivity contribution in [1.82, 2.24) is 9.97 Å². The molecule has 0 aliphatic carbocycles. The Morgan fingerprint density at radius 3 is 2.00 bits per heavy atom. The monoisotopic (exact) mass is 283 g/mol. The number of aromatic nitrogens is 2. The molecule has 0 saturated carbocycles. The van der Waals surface area contributed by atoms with E-state index in [0.29, 0.717) is 5.15 Å². The average molecular weight is 284 g/mol. The maximum absolute atomic E-state index is 6.26. The maximum atomic E-state index is 6.26. The fourth-order valence-electron chi connectivity index (χ4n) is 1.97. The molecule has 19 heavy (non-hydrogen) atoms. The highest BCUT2D eigenvalue weighted by atomic mass is 35.5. The van der Waals surface area contributed by atoms with Gasteiger partial charge in [-0.3, -0.25) is 0 Å². The van der Waals surface area contributed by atoms with Gasteiger partial charge in [0.25, 0.3) is 0 Å². The largest absolute Gasteiger partial charge is 0.359 e. The molecule has 1 rings (SSSR count). The van der Waals surface area contributed by atoms with Gasteiger partial charge in [0, 0.05) is 24.6 Å². The SMILES string of the molecule is Cc1c(Cl)nc(C(C)(C)C)nc1N(C)CC(C)(C)C. The Hall–Kier alpha value is -0.830. The molecule has 4 heteroatoms. The maximum Gasteiger partial charge on any atom is 0.137 e. The molecule has 1 aromatic heterocycles. The van der Waals surface area contributed by atoms with Crippen LogP contribution in [-0.2, 0) is 5.41 Å². The highest BCUT2D eigenvalue weighted by Gasteiger charge is 2.23. The predicted molar refractivity (Wildman–Crippen MR) is 83.2 cm³/mol. The summed E-state index contributed by atoms with van der Waals surface area (Å²) < 4.78 is 0. The third-order valence-corrected chi connectivity index (χ3v) is 3.17. The Bertz CT molecular complexity index is 456. The number of nitrogens with zero attached hydrogens (tertiary/aromatic N) is 3. The van der Waals surface area contributed by atoms with Crippen molar-refractivity contribution >= 4 is 17.4 Å². The molecular formula is C15H26ClN3. The molecule has 1 heterocycles. The molecule has 0 spiro atoms. The zero-order valence-electron chi connectivity index (χ0n) is 13.4. The quantitative estimate of drug-likeness (QED) is 0.761. The van der Waals surface area contributed by atoms with Gasteiger partial charge in [0.15, 0.2) is 0 Å². The molecule has 0 aliphatic heterocycles. The van der Waals surface area contributed by atoms with Gasteiger partial charge in [-0.15, -0.1) is 0 Å². The van der Waals surface area contributed by atoms with E-state index in [1.54, 1.807) is 0 Å².